The summed E-state index contributed by atoms with van der Waals surface area (Å²) in [4.78, 5) is 9.99. The fraction of sp³-hybridized carbons (Fsp3) is 0.333. The molecular weight excluding hydrogens is 809 g/mol. The van der Waals surface area contributed by atoms with Gasteiger partial charge in [0.15, 0.2) is 23.3 Å². The maximum atomic E-state index is 15.6. The van der Waals surface area contributed by atoms with Crippen molar-refractivity contribution in [1.82, 2.24) is 19.1 Å². The molecule has 2 aromatic heterocycles. The maximum Gasteiger partial charge on any atom is 0.172 e. The lowest BCUT2D eigenvalue weighted by Gasteiger charge is -2.24. The first kappa shape index (κ1) is 45.9. The molecule has 0 saturated carbocycles. The smallest absolute Gasteiger partial charge is 0.172 e. The topological polar surface area (TPSA) is 59.7 Å². The molecular formula is C54H60F4N6. The Bertz CT molecular complexity index is 2850. The fourth-order valence-electron chi connectivity index (χ4n) is 8.86. The Hall–Kier alpha value is -6.16. The van der Waals surface area contributed by atoms with Crippen LogP contribution in [0.4, 0.5) is 34.6 Å². The number of nitrogens with one attached hydrogen (secondary N) is 2. The maximum absolute atomic E-state index is 15.6. The normalized spacial score (nSPS) is 12.6. The van der Waals surface area contributed by atoms with Gasteiger partial charge in [-0.05, 0) is 116 Å². The predicted molar refractivity (Wildman–Crippen MR) is 257 cm³/mol. The van der Waals surface area contributed by atoms with Crippen LogP contribution in [0, 0.1) is 36.1 Å². The van der Waals surface area contributed by atoms with Gasteiger partial charge in [-0.2, -0.15) is 0 Å². The molecule has 2 N–H and O–H groups in total. The van der Waals surface area contributed by atoms with Crippen molar-refractivity contribution in [3.05, 3.63) is 148 Å². The lowest BCUT2D eigenvalue weighted by molar-refractivity contribution is 0.456. The van der Waals surface area contributed by atoms with Crippen LogP contribution in [0.25, 0.3) is 44.8 Å². The average Bonchev–Trinajstić information content (AvgIpc) is 3.82. The van der Waals surface area contributed by atoms with Crippen LogP contribution in [0.1, 0.15) is 97.8 Å². The van der Waals surface area contributed by atoms with Crippen LogP contribution in [-0.2, 0) is 24.9 Å². The quantitative estimate of drug-likeness (QED) is 0.0440. The summed E-state index contributed by atoms with van der Waals surface area (Å²) in [6, 6.07) is 26.9. The van der Waals surface area contributed by atoms with E-state index in [9.17, 15) is 8.78 Å². The van der Waals surface area contributed by atoms with Crippen molar-refractivity contribution in [2.45, 2.75) is 113 Å². The third-order valence-corrected chi connectivity index (χ3v) is 12.1. The van der Waals surface area contributed by atoms with Crippen LogP contribution in [0.3, 0.4) is 0 Å². The lowest BCUT2D eigenvalue weighted by Crippen LogP contribution is -2.14. The zero-order valence-electron chi connectivity index (χ0n) is 38.6. The van der Waals surface area contributed by atoms with Crippen LogP contribution >= 0.6 is 0 Å². The number of imidazole rings is 2. The number of anilines is 3. The molecule has 0 bridgehead atoms. The number of rotatable bonds is 16. The minimum atomic E-state index is -1.48. The molecule has 0 spiro atoms. The molecule has 2 heterocycles. The molecule has 0 amide bonds. The third-order valence-electron chi connectivity index (χ3n) is 12.1. The van der Waals surface area contributed by atoms with E-state index in [0.29, 0.717) is 42.5 Å². The molecule has 0 saturated heterocycles. The average molecular weight is 869 g/mol. The molecule has 10 heteroatoms. The summed E-state index contributed by atoms with van der Waals surface area (Å²) in [5, 5.41) is 7.19. The molecule has 0 fully saturated rings. The second kappa shape index (κ2) is 19.3. The van der Waals surface area contributed by atoms with Gasteiger partial charge in [-0.15, -0.1) is 0 Å². The van der Waals surface area contributed by atoms with E-state index in [1.807, 2.05) is 44.2 Å². The minimum absolute atomic E-state index is 0.143. The zero-order chi connectivity index (χ0) is 45.9. The van der Waals surface area contributed by atoms with Crippen LogP contribution in [0.2, 0.25) is 0 Å². The first-order valence-electron chi connectivity index (χ1n) is 22.5. The highest BCUT2D eigenvalue weighted by molar-refractivity contribution is 5.94. The van der Waals surface area contributed by atoms with Gasteiger partial charge in [-0.25, -0.2) is 27.5 Å². The van der Waals surface area contributed by atoms with Gasteiger partial charge < -0.3 is 19.8 Å². The van der Waals surface area contributed by atoms with E-state index in [1.165, 1.54) is 16.7 Å². The van der Waals surface area contributed by atoms with E-state index in [0.717, 1.165) is 64.5 Å². The molecule has 64 heavy (non-hydrogen) atoms. The SMILES string of the molecule is C/C=C(\C(=C/C)Nc1cccc2c1nc(-c1c(F)c(F)cc(F)c1F)n2CCCCc1cc(Nc2cccc3c2nc(-c2ccccc2C)n3CCCC)ccc1C(C)(C)C)C(C)C. The molecule has 5 aromatic carbocycles. The Kier molecular flexibility index (Phi) is 13.8. The van der Waals surface area contributed by atoms with Gasteiger partial charge in [-0.1, -0.05) is 103 Å². The van der Waals surface area contributed by atoms with Gasteiger partial charge in [-0.3, -0.25) is 0 Å². The second-order valence-electron chi connectivity index (χ2n) is 18.0. The number of aryl methyl sites for hydroxylation is 4. The van der Waals surface area contributed by atoms with E-state index in [2.05, 4.69) is 124 Å². The largest absolute Gasteiger partial charge is 0.354 e. The number of para-hydroxylation sites is 2. The van der Waals surface area contributed by atoms with E-state index in [-0.39, 0.29) is 23.2 Å². The van der Waals surface area contributed by atoms with Crippen molar-refractivity contribution in [3.8, 4) is 22.8 Å². The monoisotopic (exact) mass is 868 g/mol. The van der Waals surface area contributed by atoms with Crippen LogP contribution in [-0.4, -0.2) is 19.1 Å². The van der Waals surface area contributed by atoms with Gasteiger partial charge in [0, 0.05) is 36.1 Å². The van der Waals surface area contributed by atoms with Crippen LogP contribution in [0.15, 0.2) is 108 Å². The number of allylic oxidation sites excluding steroid dienone is 3. The van der Waals surface area contributed by atoms with Crippen molar-refractivity contribution in [2.75, 3.05) is 10.6 Å². The highest BCUT2D eigenvalue weighted by Gasteiger charge is 2.27. The Labute approximate surface area is 375 Å². The number of hydrogen-bond donors (Lipinski definition) is 2. The Morgan fingerprint density at radius 3 is 1.97 bits per heavy atom. The van der Waals surface area contributed by atoms with Crippen molar-refractivity contribution >= 4 is 39.1 Å². The number of unbranched alkanes of at least 4 members (excludes halogenated alkanes) is 2. The molecule has 6 nitrogen and oxygen atoms in total. The highest BCUT2D eigenvalue weighted by atomic mass is 19.2. The first-order chi connectivity index (χ1) is 30.7. The van der Waals surface area contributed by atoms with E-state index < -0.39 is 28.8 Å². The van der Waals surface area contributed by atoms with E-state index in [4.69, 9.17) is 9.97 Å². The second-order valence-corrected chi connectivity index (χ2v) is 18.0. The van der Waals surface area contributed by atoms with Gasteiger partial charge >= 0.3 is 0 Å². The minimum Gasteiger partial charge on any atom is -0.354 e. The van der Waals surface area contributed by atoms with Crippen molar-refractivity contribution in [2.24, 2.45) is 5.92 Å². The number of nitrogens with zero attached hydrogens (tertiary/aromatic N) is 4. The number of aromatic nitrogens is 4. The van der Waals surface area contributed by atoms with Gasteiger partial charge in [0.05, 0.1) is 28.0 Å². The highest BCUT2D eigenvalue weighted by Crippen LogP contribution is 2.38. The Morgan fingerprint density at radius 2 is 1.34 bits per heavy atom. The summed E-state index contributed by atoms with van der Waals surface area (Å²) in [7, 11) is 0. The number of halogens is 4. The van der Waals surface area contributed by atoms with Crippen molar-refractivity contribution < 1.29 is 17.6 Å². The summed E-state index contributed by atoms with van der Waals surface area (Å²) in [5.41, 5.74) is 11.2. The van der Waals surface area contributed by atoms with Crippen molar-refractivity contribution in [3.63, 3.8) is 0 Å². The number of benzene rings is 5. The summed E-state index contributed by atoms with van der Waals surface area (Å²) in [5.74, 6) is -4.91. The first-order valence-corrected chi connectivity index (χ1v) is 22.5. The molecule has 7 rings (SSSR count). The molecule has 0 aliphatic carbocycles. The summed E-state index contributed by atoms with van der Waals surface area (Å²) < 4.78 is 64.7. The molecule has 7 aromatic rings. The van der Waals surface area contributed by atoms with E-state index >= 15 is 8.78 Å². The van der Waals surface area contributed by atoms with Gasteiger partial charge in [0.2, 0.25) is 0 Å². The predicted octanol–water partition coefficient (Wildman–Crippen LogP) is 15.4. The van der Waals surface area contributed by atoms with E-state index in [1.54, 1.807) is 4.57 Å². The number of hydrogen-bond acceptors (Lipinski definition) is 4. The standard InChI is InChI=1S/C54H60F4N6/c1-10-13-29-63-45-25-18-23-43(50(45)61-52(63)38-22-15-14-20-34(38)6)59-36-27-28-39(54(7,8)9)35(31-36)21-16-17-30-64-46-26-19-24-44(60-42(12-3)37(11-2)33(4)5)51(46)62-53(64)47-48(57)40(55)32-41(56)49(47)58/h11-12,14-15,18-20,22-28,31-33,59-60H,10,13,16-17,21,29-30H2,1-9H3/b37-11-,42-12+. The summed E-state index contributed by atoms with van der Waals surface area (Å²) in [6.07, 6.45) is 8.14. The lowest BCUT2D eigenvalue weighted by atomic mass is 9.82. The molecule has 0 aliphatic rings. The molecule has 0 unspecified atom stereocenters. The fourth-order valence-corrected chi connectivity index (χ4v) is 8.86. The van der Waals surface area contributed by atoms with Crippen LogP contribution < -0.4 is 10.6 Å². The third kappa shape index (κ3) is 9.24. The zero-order valence-corrected chi connectivity index (χ0v) is 38.6. The van der Waals surface area contributed by atoms with Crippen molar-refractivity contribution in [1.29, 1.82) is 0 Å². The number of fused-ring (bicyclic) bond motifs is 2. The molecule has 334 valence electrons. The Morgan fingerprint density at radius 1 is 0.719 bits per heavy atom. The van der Waals surface area contributed by atoms with Crippen LogP contribution in [0.5, 0.6) is 0 Å². The summed E-state index contributed by atoms with van der Waals surface area (Å²) in [6.45, 7) is 20.2. The molecule has 0 aliphatic heterocycles. The van der Waals surface area contributed by atoms with Gasteiger partial charge in [0.25, 0.3) is 0 Å². The summed E-state index contributed by atoms with van der Waals surface area (Å²) >= 11 is 0. The molecule has 0 atom stereocenters. The Balaban J connectivity index is 1.21. The molecule has 0 radical (unpaired) electrons. The van der Waals surface area contributed by atoms with Gasteiger partial charge in [0.1, 0.15) is 22.7 Å².